The number of aromatic nitrogens is 4. The molecular weight excluding hydrogens is 885 g/mol. The molecule has 0 amide bonds. The van der Waals surface area contributed by atoms with Gasteiger partial charge in [-0.3, -0.25) is 0 Å². The van der Waals surface area contributed by atoms with Crippen LogP contribution in [0.4, 0.5) is 0 Å². The van der Waals surface area contributed by atoms with Crippen LogP contribution in [0.25, 0.3) is 90.9 Å². The van der Waals surface area contributed by atoms with E-state index in [9.17, 15) is 0 Å². The molecule has 0 atom stereocenters. The van der Waals surface area contributed by atoms with Gasteiger partial charge in [-0.25, -0.2) is 9.97 Å². The summed E-state index contributed by atoms with van der Waals surface area (Å²) in [5, 5.41) is 0. The number of nitrogens with zero attached hydrogens (tertiary/aromatic N) is 4. The van der Waals surface area contributed by atoms with Crippen LogP contribution in [-0.4, -0.2) is 9.97 Å². The van der Waals surface area contributed by atoms with E-state index >= 15 is 0 Å². The van der Waals surface area contributed by atoms with Crippen molar-refractivity contribution in [2.45, 2.75) is 48.5 Å². The molecule has 0 spiro atoms. The summed E-state index contributed by atoms with van der Waals surface area (Å²) in [6.45, 7) is 15.3. The SMILES string of the molecule is [3H]C#Cc1ccc(-c2c3nc(c(-c4c(C)cc(C)c(C)c4C)c4ccc([n-]4)c(-c4ccc(I)cc4)c4nc(c(-c5c(C)cc(C)cc5C)c5ccc2[n-]5)C=C4)C=C3)cc1.[Zn+2]. The Kier molecular flexibility index (Phi) is 10.5. The normalized spacial score (nSPS) is 11.9. The van der Waals surface area contributed by atoms with E-state index in [0.717, 1.165) is 98.5 Å². The summed E-state index contributed by atoms with van der Waals surface area (Å²) in [7, 11) is 0. The Morgan fingerprint density at radius 3 is 1.41 bits per heavy atom. The van der Waals surface area contributed by atoms with Crippen molar-refractivity contribution < 1.29 is 20.8 Å². The summed E-state index contributed by atoms with van der Waals surface area (Å²) in [6.07, 6.45) is 10.8. The molecule has 59 heavy (non-hydrogen) atoms. The first-order valence-corrected chi connectivity index (χ1v) is 20.6. The molecule has 2 aliphatic heterocycles. The maximum absolute atomic E-state index is 7.47. The molecule has 0 N–H and O–H groups in total. The quantitative estimate of drug-likeness (QED) is 0.100. The fourth-order valence-corrected chi connectivity index (χ4v) is 9.13. The molecule has 6 heteroatoms. The molecule has 2 aliphatic rings. The van der Waals surface area contributed by atoms with Gasteiger partial charge in [0.1, 0.15) is 1.37 Å². The molecule has 0 unspecified atom stereocenters. The standard InChI is InChI=1S/C53H41IN4.Zn/c1-9-36-10-12-37(13-11-36)50-40-18-22-44(55-40)52(48-31(4)26-29(2)27-32(48)5)45-23-19-42(56-45)51(38-14-16-39(54)17-15-38)43-21-25-47(58-43)53(46-24-20-41(50)57-46)49-33(6)28-30(3)34(7)35(49)8;/h1,10-28H,2-8H3;/q-2;+2/i1T;. The number of aryl methyl sites for hydroxylation is 5. The second-order valence-electron chi connectivity index (χ2n) is 15.5. The fraction of sp³-hybridized carbons (Fsp3) is 0.132. The van der Waals surface area contributed by atoms with Gasteiger partial charge in [-0.1, -0.05) is 78.2 Å². The number of fused-ring (bicyclic) bond motifs is 8. The second kappa shape index (κ2) is 15.9. The van der Waals surface area contributed by atoms with Gasteiger partial charge in [0.15, 0.2) is 0 Å². The summed E-state index contributed by atoms with van der Waals surface area (Å²) < 4.78 is 8.63. The first-order valence-electron chi connectivity index (χ1n) is 20.0. The van der Waals surface area contributed by atoms with E-state index in [4.69, 9.17) is 21.3 Å². The smallest absolute Gasteiger partial charge is 0.657 e. The van der Waals surface area contributed by atoms with Crippen molar-refractivity contribution >= 4 is 69.0 Å². The van der Waals surface area contributed by atoms with Crippen LogP contribution in [0.15, 0.2) is 91.0 Å². The number of rotatable bonds is 4. The summed E-state index contributed by atoms with van der Waals surface area (Å²) in [5.74, 6) is 2.87. The van der Waals surface area contributed by atoms with Gasteiger partial charge in [-0.2, -0.15) is 0 Å². The van der Waals surface area contributed by atoms with Gasteiger partial charge in [0.05, 0.1) is 22.8 Å². The first-order chi connectivity index (χ1) is 28.5. The summed E-state index contributed by atoms with van der Waals surface area (Å²) in [4.78, 5) is 21.9. The zero-order valence-electron chi connectivity index (χ0n) is 35.3. The van der Waals surface area contributed by atoms with E-state index < -0.39 is 0 Å². The molecule has 4 aromatic carbocycles. The first kappa shape index (κ1) is 38.9. The van der Waals surface area contributed by atoms with E-state index in [1.54, 1.807) is 0 Å². The molecule has 4 nitrogen and oxygen atoms in total. The number of terminal acetylenes is 1. The van der Waals surface area contributed by atoms with E-state index in [0.29, 0.717) is 0 Å². The van der Waals surface area contributed by atoms with Gasteiger partial charge in [0.25, 0.3) is 0 Å². The number of hydrogen-bond acceptors (Lipinski definition) is 2. The van der Waals surface area contributed by atoms with E-state index in [1.165, 1.54) is 38.9 Å². The van der Waals surface area contributed by atoms with Crippen LogP contribution in [-0.2, 0) is 19.5 Å². The molecule has 7 aromatic rings. The molecule has 5 heterocycles. The average Bonchev–Trinajstić information content (AvgIpc) is 4.05. The van der Waals surface area contributed by atoms with E-state index in [2.05, 4.69) is 187 Å². The maximum atomic E-state index is 7.47. The van der Waals surface area contributed by atoms with Crippen LogP contribution in [0.5, 0.6) is 0 Å². The molecule has 8 bridgehead atoms. The largest absolute Gasteiger partial charge is 2.00 e. The van der Waals surface area contributed by atoms with Gasteiger partial charge in [-0.15, -0.1) is 28.5 Å². The van der Waals surface area contributed by atoms with Gasteiger partial charge in [0, 0.05) is 9.13 Å². The van der Waals surface area contributed by atoms with Crippen LogP contribution < -0.4 is 9.97 Å². The summed E-state index contributed by atoms with van der Waals surface area (Å²) >= 11 is 2.36. The molecular formula is C53H41IN4Zn. The van der Waals surface area contributed by atoms with Crippen molar-refractivity contribution in [1.82, 2.24) is 19.9 Å². The third-order valence-corrected chi connectivity index (χ3v) is 12.3. The molecule has 0 saturated carbocycles. The summed E-state index contributed by atoms with van der Waals surface area (Å²) in [5.41, 5.74) is 24.1. The molecule has 3 aromatic heterocycles. The van der Waals surface area contributed by atoms with Crippen LogP contribution in [0, 0.1) is 64.4 Å². The molecule has 0 aliphatic carbocycles. The Labute approximate surface area is 374 Å². The predicted octanol–water partition coefficient (Wildman–Crippen LogP) is 13.3. The molecule has 282 valence electrons. The zero-order chi connectivity index (χ0) is 41.1. The van der Waals surface area contributed by atoms with Crippen molar-refractivity contribution in [3.63, 3.8) is 0 Å². The van der Waals surface area contributed by atoms with Gasteiger partial charge in [0.2, 0.25) is 0 Å². The van der Waals surface area contributed by atoms with Gasteiger partial charge >= 0.3 is 19.5 Å². The zero-order valence-corrected chi connectivity index (χ0v) is 39.5. The topological polar surface area (TPSA) is 54.0 Å². The summed E-state index contributed by atoms with van der Waals surface area (Å²) in [6, 6.07) is 31.9. The predicted molar refractivity (Wildman–Crippen MR) is 252 cm³/mol. The Morgan fingerprint density at radius 1 is 0.492 bits per heavy atom. The van der Waals surface area contributed by atoms with E-state index in [-0.39, 0.29) is 19.5 Å². The van der Waals surface area contributed by atoms with Crippen LogP contribution >= 0.6 is 22.6 Å². The van der Waals surface area contributed by atoms with E-state index in [1.807, 2.05) is 12.1 Å². The molecule has 0 radical (unpaired) electrons. The third-order valence-electron chi connectivity index (χ3n) is 11.6. The number of benzene rings is 4. The average molecular weight is 928 g/mol. The van der Waals surface area contributed by atoms with Crippen molar-refractivity contribution in [1.29, 1.82) is 0 Å². The maximum Gasteiger partial charge on any atom is 2.00 e. The van der Waals surface area contributed by atoms with Crippen molar-refractivity contribution in [2.24, 2.45) is 0 Å². The molecule has 0 fully saturated rings. The molecule has 0 saturated heterocycles. The van der Waals surface area contributed by atoms with Crippen molar-refractivity contribution in [3.05, 3.63) is 162 Å². The van der Waals surface area contributed by atoms with Crippen LogP contribution in [0.2, 0.25) is 0 Å². The Bertz CT molecular complexity index is 3170. The number of halogens is 1. The number of hydrogen-bond donors (Lipinski definition) is 0. The minimum Gasteiger partial charge on any atom is -0.657 e. The fourth-order valence-electron chi connectivity index (χ4n) is 8.77. The monoisotopic (exact) mass is 926 g/mol. The Morgan fingerprint density at radius 2 is 0.915 bits per heavy atom. The van der Waals surface area contributed by atoms with Crippen molar-refractivity contribution in [3.8, 4) is 56.8 Å². The second-order valence-corrected chi connectivity index (χ2v) is 16.7. The van der Waals surface area contributed by atoms with Crippen molar-refractivity contribution in [2.75, 3.05) is 0 Å². The Hall–Kier alpha value is -5.61. The van der Waals surface area contributed by atoms with Gasteiger partial charge < -0.3 is 9.97 Å². The minimum absolute atomic E-state index is 0. The van der Waals surface area contributed by atoms with Gasteiger partial charge in [-0.05, 0) is 198 Å². The third kappa shape index (κ3) is 7.15. The van der Waals surface area contributed by atoms with Crippen LogP contribution in [0.3, 0.4) is 0 Å². The minimum atomic E-state index is 0. The molecule has 9 rings (SSSR count). The Balaban J connectivity index is 0.00000499. The van der Waals surface area contributed by atoms with Crippen LogP contribution in [0.1, 0.15) is 68.7 Å².